The summed E-state index contributed by atoms with van der Waals surface area (Å²) in [4.78, 5) is 33.5. The number of ether oxygens (including phenoxy) is 1. The van der Waals surface area contributed by atoms with Crippen LogP contribution in [0.4, 0.5) is 11.6 Å². The molecule has 2 aromatic carbocycles. The molecule has 0 unspecified atom stereocenters. The first kappa shape index (κ1) is 21.8. The molecule has 4 aromatic rings. The molecule has 0 aliphatic carbocycles. The number of nitrogens with zero attached hydrogens (tertiary/aromatic N) is 5. The monoisotopic (exact) mass is 457 g/mol. The van der Waals surface area contributed by atoms with Crippen molar-refractivity contribution >= 4 is 28.9 Å². The normalized spacial score (nSPS) is 15.7. The number of aromatic nitrogens is 4. The molecular weight excluding hydrogens is 430 g/mol. The molecule has 34 heavy (non-hydrogen) atoms. The number of imidazole rings is 1. The van der Waals surface area contributed by atoms with Crippen molar-refractivity contribution in [2.75, 3.05) is 18.6 Å². The lowest BCUT2D eigenvalue weighted by Gasteiger charge is -2.33. The molecule has 2 aromatic heterocycles. The largest absolute Gasteiger partial charge is 0.497 e. The van der Waals surface area contributed by atoms with E-state index < -0.39 is 0 Å². The molecule has 1 atom stereocenters. The van der Waals surface area contributed by atoms with Crippen molar-refractivity contribution in [1.82, 2.24) is 18.7 Å². The Balaban J connectivity index is 1.63. The van der Waals surface area contributed by atoms with Crippen LogP contribution in [-0.4, -0.2) is 32.3 Å². The van der Waals surface area contributed by atoms with Crippen LogP contribution in [0.15, 0.2) is 70.3 Å². The van der Waals surface area contributed by atoms with Crippen molar-refractivity contribution in [3.63, 3.8) is 0 Å². The Labute approximate surface area is 197 Å². The van der Waals surface area contributed by atoms with Gasteiger partial charge in [-0.2, -0.15) is 4.98 Å². The van der Waals surface area contributed by atoms with E-state index in [2.05, 4.69) is 11.8 Å². The van der Waals surface area contributed by atoms with Crippen molar-refractivity contribution in [2.45, 2.75) is 20.0 Å². The maximum atomic E-state index is 13.5. The van der Waals surface area contributed by atoms with Gasteiger partial charge in [0.05, 0.1) is 7.11 Å². The van der Waals surface area contributed by atoms with Gasteiger partial charge < -0.3 is 14.2 Å². The van der Waals surface area contributed by atoms with Crippen LogP contribution in [0.1, 0.15) is 12.5 Å². The molecule has 0 saturated heterocycles. The van der Waals surface area contributed by atoms with Crippen LogP contribution in [0.2, 0.25) is 0 Å². The molecule has 3 heterocycles. The molecule has 5 rings (SSSR count). The van der Waals surface area contributed by atoms with E-state index in [1.54, 1.807) is 14.2 Å². The number of hydrogen-bond acceptors (Lipinski definition) is 5. The number of allylic oxidation sites excluding steroid dienone is 1. The van der Waals surface area contributed by atoms with Gasteiger partial charge in [-0.05, 0) is 23.6 Å². The van der Waals surface area contributed by atoms with E-state index in [-0.39, 0.29) is 23.7 Å². The molecule has 1 aliphatic heterocycles. The summed E-state index contributed by atoms with van der Waals surface area (Å²) in [5.41, 5.74) is 2.08. The van der Waals surface area contributed by atoms with Gasteiger partial charge in [-0.15, -0.1) is 0 Å². The molecule has 0 radical (unpaired) electrons. The molecule has 0 N–H and O–H groups in total. The van der Waals surface area contributed by atoms with Crippen LogP contribution in [0.25, 0.3) is 17.2 Å². The minimum absolute atomic E-state index is 0.187. The summed E-state index contributed by atoms with van der Waals surface area (Å²) in [6.07, 6.45) is 3.75. The van der Waals surface area contributed by atoms with Crippen LogP contribution in [0, 0.1) is 5.92 Å². The van der Waals surface area contributed by atoms with Crippen LogP contribution in [0.5, 0.6) is 5.75 Å². The Kier molecular flexibility index (Phi) is 5.57. The highest BCUT2D eigenvalue weighted by atomic mass is 16.5. The van der Waals surface area contributed by atoms with E-state index in [0.717, 1.165) is 23.5 Å². The van der Waals surface area contributed by atoms with Crippen LogP contribution < -0.4 is 20.9 Å². The lowest BCUT2D eigenvalue weighted by molar-refractivity contribution is 0.414. The second kappa shape index (κ2) is 8.70. The highest BCUT2D eigenvalue weighted by Gasteiger charge is 2.29. The fourth-order valence-corrected chi connectivity index (χ4v) is 4.52. The number of aryl methyl sites for hydroxylation is 1. The Morgan fingerprint density at radius 3 is 2.65 bits per heavy atom. The van der Waals surface area contributed by atoms with Gasteiger partial charge in [0.1, 0.15) is 5.75 Å². The Hall–Kier alpha value is -4.07. The summed E-state index contributed by atoms with van der Waals surface area (Å²) in [6.45, 7) is 3.73. The smallest absolute Gasteiger partial charge is 0.332 e. The van der Waals surface area contributed by atoms with Crippen molar-refractivity contribution in [3.8, 4) is 5.75 Å². The SMILES string of the molecule is COc1cccc(N2C[C@H](C)Cn3c2nc2c3c(=O)n(C/C=C/c3ccccc3)c(=O)n2C)c1. The average Bonchev–Trinajstić information content (AvgIpc) is 3.24. The number of methoxy groups -OCH3 is 1. The number of benzene rings is 2. The second-order valence-corrected chi connectivity index (χ2v) is 8.68. The van der Waals surface area contributed by atoms with Crippen LogP contribution in [0.3, 0.4) is 0 Å². The maximum absolute atomic E-state index is 13.5. The summed E-state index contributed by atoms with van der Waals surface area (Å²) in [7, 11) is 3.30. The lowest BCUT2D eigenvalue weighted by Crippen LogP contribution is -2.40. The first-order valence-corrected chi connectivity index (χ1v) is 11.3. The number of rotatable bonds is 5. The third-order valence-corrected chi connectivity index (χ3v) is 6.21. The Morgan fingerprint density at radius 2 is 1.88 bits per heavy atom. The molecule has 0 amide bonds. The molecule has 0 bridgehead atoms. The van der Waals surface area contributed by atoms with Crippen molar-refractivity contribution in [1.29, 1.82) is 0 Å². The fraction of sp³-hybridized carbons (Fsp3) is 0.269. The minimum Gasteiger partial charge on any atom is -0.497 e. The zero-order valence-corrected chi connectivity index (χ0v) is 19.5. The van der Waals surface area contributed by atoms with E-state index >= 15 is 0 Å². The van der Waals surface area contributed by atoms with E-state index in [1.807, 2.05) is 71.3 Å². The standard InChI is InChI=1S/C26H27N5O3/c1-18-16-30(20-12-7-13-21(15-20)34-3)25-27-23-22(31(25)17-18)24(32)29(26(33)28(23)2)14-8-11-19-9-5-4-6-10-19/h4-13,15,18H,14,16-17H2,1-3H3/b11-8+/t18-/m0/s1. The summed E-state index contributed by atoms with van der Waals surface area (Å²) in [6, 6.07) is 17.6. The molecule has 1 aliphatic rings. The van der Waals surface area contributed by atoms with Gasteiger partial charge in [-0.1, -0.05) is 55.5 Å². The van der Waals surface area contributed by atoms with E-state index in [9.17, 15) is 9.59 Å². The predicted molar refractivity (Wildman–Crippen MR) is 134 cm³/mol. The van der Waals surface area contributed by atoms with Gasteiger partial charge >= 0.3 is 5.69 Å². The van der Waals surface area contributed by atoms with Crippen LogP contribution in [-0.2, 0) is 20.1 Å². The maximum Gasteiger partial charge on any atom is 0.332 e. The highest BCUT2D eigenvalue weighted by Crippen LogP contribution is 2.34. The number of anilines is 2. The van der Waals surface area contributed by atoms with Gasteiger partial charge in [-0.3, -0.25) is 13.9 Å². The number of hydrogen-bond donors (Lipinski definition) is 0. The predicted octanol–water partition coefficient (Wildman–Crippen LogP) is 3.41. The van der Waals surface area contributed by atoms with Gasteiger partial charge in [0.15, 0.2) is 11.2 Å². The van der Waals surface area contributed by atoms with Crippen molar-refractivity contribution in [2.24, 2.45) is 13.0 Å². The minimum atomic E-state index is -0.383. The van der Waals surface area contributed by atoms with Gasteiger partial charge in [0, 0.05) is 38.4 Å². The van der Waals surface area contributed by atoms with Gasteiger partial charge in [0.2, 0.25) is 5.95 Å². The molecule has 0 fully saturated rings. The van der Waals surface area contributed by atoms with Gasteiger partial charge in [-0.25, -0.2) is 4.79 Å². The average molecular weight is 458 g/mol. The third kappa shape index (κ3) is 3.71. The van der Waals surface area contributed by atoms with E-state index in [4.69, 9.17) is 9.72 Å². The highest BCUT2D eigenvalue weighted by molar-refractivity contribution is 5.77. The molecule has 0 saturated carbocycles. The first-order valence-electron chi connectivity index (χ1n) is 11.3. The molecule has 174 valence electrons. The molecule has 8 heteroatoms. The first-order chi connectivity index (χ1) is 16.5. The van der Waals surface area contributed by atoms with Gasteiger partial charge in [0.25, 0.3) is 5.56 Å². The van der Waals surface area contributed by atoms with Crippen LogP contribution >= 0.6 is 0 Å². The Morgan fingerprint density at radius 1 is 1.09 bits per heavy atom. The molecule has 8 nitrogen and oxygen atoms in total. The van der Waals surface area contributed by atoms with Crippen molar-refractivity contribution in [3.05, 3.63) is 87.1 Å². The third-order valence-electron chi connectivity index (χ3n) is 6.21. The lowest BCUT2D eigenvalue weighted by atomic mass is 10.1. The summed E-state index contributed by atoms with van der Waals surface area (Å²) >= 11 is 0. The number of fused-ring (bicyclic) bond motifs is 3. The van der Waals surface area contributed by atoms with E-state index in [1.165, 1.54) is 9.13 Å². The quantitative estimate of drug-likeness (QED) is 0.459. The van der Waals surface area contributed by atoms with E-state index in [0.29, 0.717) is 23.7 Å². The summed E-state index contributed by atoms with van der Waals surface area (Å²) < 4.78 is 10.1. The second-order valence-electron chi connectivity index (χ2n) is 8.68. The zero-order valence-electron chi connectivity index (χ0n) is 19.5. The molecular formula is C26H27N5O3. The molecule has 0 spiro atoms. The summed E-state index contributed by atoms with van der Waals surface area (Å²) in [5, 5.41) is 0. The van der Waals surface area contributed by atoms with Crippen molar-refractivity contribution < 1.29 is 4.74 Å². The topological polar surface area (TPSA) is 74.3 Å². The zero-order chi connectivity index (χ0) is 23.8. The summed E-state index contributed by atoms with van der Waals surface area (Å²) in [5.74, 6) is 1.68. The Bertz CT molecular complexity index is 1500. The fourth-order valence-electron chi connectivity index (χ4n) is 4.52.